The summed E-state index contributed by atoms with van der Waals surface area (Å²) in [5.74, 6) is 0. The van der Waals surface area contributed by atoms with E-state index in [4.69, 9.17) is 16.0 Å². The van der Waals surface area contributed by atoms with Gasteiger partial charge >= 0.3 is 0 Å². The molecule has 0 N–H and O–H groups in total. The van der Waals surface area contributed by atoms with Gasteiger partial charge in [0.1, 0.15) is 11.2 Å². The number of nitrogens with zero attached hydrogens (tertiary/aromatic N) is 2. The van der Waals surface area contributed by atoms with Crippen molar-refractivity contribution in [3.63, 3.8) is 0 Å². The minimum atomic E-state index is 0.684. The molecule has 1 heterocycles. The number of furan rings is 1. The van der Waals surface area contributed by atoms with E-state index in [1.54, 1.807) is 0 Å². The lowest BCUT2D eigenvalue weighted by Gasteiger charge is -2.29. The summed E-state index contributed by atoms with van der Waals surface area (Å²) in [6.07, 6.45) is 0. The molecule has 0 unspecified atom stereocenters. The first-order chi connectivity index (χ1) is 19.7. The van der Waals surface area contributed by atoms with Crippen LogP contribution in [0.25, 0.3) is 21.9 Å². The molecule has 40 heavy (non-hydrogen) atoms. The summed E-state index contributed by atoms with van der Waals surface area (Å²) < 4.78 is 6.12. The third kappa shape index (κ3) is 4.47. The minimum absolute atomic E-state index is 0.684. The van der Waals surface area contributed by atoms with Crippen molar-refractivity contribution in [2.75, 3.05) is 9.80 Å². The van der Waals surface area contributed by atoms with Crippen molar-refractivity contribution in [3.8, 4) is 0 Å². The highest BCUT2D eigenvalue weighted by Crippen LogP contribution is 2.42. The summed E-state index contributed by atoms with van der Waals surface area (Å²) >= 11 is 6.51. The molecule has 3 nitrogen and oxygen atoms in total. The number of anilines is 6. The topological polar surface area (TPSA) is 19.6 Å². The molecule has 0 aliphatic heterocycles. The molecule has 192 valence electrons. The Labute approximate surface area is 238 Å². The Kier molecular flexibility index (Phi) is 6.19. The van der Waals surface area contributed by atoms with Gasteiger partial charge in [0.25, 0.3) is 0 Å². The highest BCUT2D eigenvalue weighted by Gasteiger charge is 2.18. The normalized spacial score (nSPS) is 11.1. The van der Waals surface area contributed by atoms with Gasteiger partial charge in [-0.05, 0) is 84.9 Å². The predicted molar refractivity (Wildman–Crippen MR) is 168 cm³/mol. The predicted octanol–water partition coefficient (Wildman–Crippen LogP) is 11.2. The first-order valence-corrected chi connectivity index (χ1v) is 13.6. The highest BCUT2D eigenvalue weighted by molar-refractivity contribution is 6.30. The Morgan fingerprint density at radius 2 is 0.875 bits per heavy atom. The second-order valence-electron chi connectivity index (χ2n) is 9.62. The van der Waals surface area contributed by atoms with Crippen molar-refractivity contribution in [2.45, 2.75) is 0 Å². The van der Waals surface area contributed by atoms with Crippen LogP contribution in [0, 0.1) is 0 Å². The van der Waals surface area contributed by atoms with Gasteiger partial charge in [-0.25, -0.2) is 0 Å². The Bertz CT molecular complexity index is 1890. The van der Waals surface area contributed by atoms with Crippen molar-refractivity contribution in [2.24, 2.45) is 0 Å². The molecule has 0 bridgehead atoms. The molecule has 0 saturated heterocycles. The van der Waals surface area contributed by atoms with Gasteiger partial charge in [-0.3, -0.25) is 0 Å². The lowest BCUT2D eigenvalue weighted by molar-refractivity contribution is 0.669. The van der Waals surface area contributed by atoms with Crippen LogP contribution in [-0.2, 0) is 0 Å². The average Bonchev–Trinajstić information content (AvgIpc) is 3.37. The fourth-order valence-electron chi connectivity index (χ4n) is 5.29. The summed E-state index contributed by atoms with van der Waals surface area (Å²) in [5, 5.41) is 2.86. The molecule has 0 saturated carbocycles. The fourth-order valence-corrected chi connectivity index (χ4v) is 5.47. The Morgan fingerprint density at radius 1 is 0.375 bits per heavy atom. The van der Waals surface area contributed by atoms with Crippen LogP contribution in [0.1, 0.15) is 0 Å². The SMILES string of the molecule is Clc1cccc(N(c2cccc(N(c3ccccc3)c3ccccc3)c2)c2ccc3oc4ccccc4c3c2)c1. The molecule has 0 spiro atoms. The van der Waals surface area contributed by atoms with Gasteiger partial charge in [-0.15, -0.1) is 0 Å². The number of rotatable bonds is 6. The third-order valence-corrected chi connectivity index (χ3v) is 7.29. The summed E-state index contributed by atoms with van der Waals surface area (Å²) in [6, 6.07) is 52.0. The van der Waals surface area contributed by atoms with Crippen molar-refractivity contribution >= 4 is 67.7 Å². The van der Waals surface area contributed by atoms with Crippen molar-refractivity contribution in [1.82, 2.24) is 0 Å². The van der Waals surface area contributed by atoms with Crippen LogP contribution in [0.15, 0.2) is 156 Å². The van der Waals surface area contributed by atoms with Crippen molar-refractivity contribution < 1.29 is 4.42 Å². The Balaban J connectivity index is 1.41. The number of hydrogen-bond donors (Lipinski definition) is 0. The van der Waals surface area contributed by atoms with E-state index < -0.39 is 0 Å². The molecule has 0 aliphatic carbocycles. The molecule has 7 aromatic rings. The molecule has 7 rings (SSSR count). The van der Waals surface area contributed by atoms with Gasteiger partial charge in [0.15, 0.2) is 0 Å². The van der Waals surface area contributed by atoms with E-state index in [1.165, 1.54) is 0 Å². The van der Waals surface area contributed by atoms with E-state index in [0.717, 1.165) is 56.1 Å². The van der Waals surface area contributed by atoms with Crippen LogP contribution in [0.2, 0.25) is 5.02 Å². The summed E-state index contributed by atoms with van der Waals surface area (Å²) in [5.41, 5.74) is 7.99. The second-order valence-corrected chi connectivity index (χ2v) is 10.1. The van der Waals surface area contributed by atoms with Gasteiger partial charge in [-0.1, -0.05) is 78.3 Å². The number of halogens is 1. The standard InChI is InChI=1S/C36H25ClN2O/c37-26-11-9-16-29(23-26)39(32-21-22-36-34(25-32)33-19-7-8-20-35(33)40-36)31-18-10-17-30(24-31)38(27-12-3-1-4-13-27)28-14-5-2-6-15-28/h1-25H. The quantitative estimate of drug-likeness (QED) is 0.211. The van der Waals surface area contributed by atoms with Crippen LogP contribution in [0.4, 0.5) is 34.1 Å². The molecule has 0 radical (unpaired) electrons. The molecule has 0 aliphatic rings. The maximum atomic E-state index is 6.51. The van der Waals surface area contributed by atoms with Crippen LogP contribution < -0.4 is 9.80 Å². The van der Waals surface area contributed by atoms with Crippen LogP contribution in [-0.4, -0.2) is 0 Å². The number of para-hydroxylation sites is 3. The van der Waals surface area contributed by atoms with Crippen LogP contribution in [0.3, 0.4) is 0 Å². The van der Waals surface area contributed by atoms with E-state index >= 15 is 0 Å². The zero-order valence-electron chi connectivity index (χ0n) is 21.6. The molecular weight excluding hydrogens is 512 g/mol. The first kappa shape index (κ1) is 24.1. The van der Waals surface area contributed by atoms with Crippen LogP contribution >= 0.6 is 11.6 Å². The van der Waals surface area contributed by atoms with Gasteiger partial charge in [0.2, 0.25) is 0 Å². The van der Waals surface area contributed by atoms with E-state index in [2.05, 4.69) is 107 Å². The maximum Gasteiger partial charge on any atom is 0.135 e. The first-order valence-electron chi connectivity index (χ1n) is 13.2. The van der Waals surface area contributed by atoms with E-state index in [-0.39, 0.29) is 0 Å². The molecule has 4 heteroatoms. The molecule has 0 fully saturated rings. The summed E-state index contributed by atoms with van der Waals surface area (Å²) in [6.45, 7) is 0. The van der Waals surface area contributed by atoms with Crippen molar-refractivity contribution in [1.29, 1.82) is 0 Å². The maximum absolute atomic E-state index is 6.51. The molecule has 0 atom stereocenters. The smallest absolute Gasteiger partial charge is 0.135 e. The van der Waals surface area contributed by atoms with Crippen molar-refractivity contribution in [3.05, 3.63) is 157 Å². The van der Waals surface area contributed by atoms with Gasteiger partial charge in [0.05, 0.1) is 0 Å². The largest absolute Gasteiger partial charge is 0.456 e. The number of hydrogen-bond acceptors (Lipinski definition) is 3. The Hall–Kier alpha value is -4.99. The third-order valence-electron chi connectivity index (χ3n) is 7.06. The van der Waals surface area contributed by atoms with Gasteiger partial charge in [-0.2, -0.15) is 0 Å². The van der Waals surface area contributed by atoms with Crippen LogP contribution in [0.5, 0.6) is 0 Å². The molecular formula is C36H25ClN2O. The summed E-state index contributed by atoms with van der Waals surface area (Å²) in [7, 11) is 0. The minimum Gasteiger partial charge on any atom is -0.456 e. The van der Waals surface area contributed by atoms with Gasteiger partial charge in [0, 0.05) is 49.9 Å². The lowest BCUT2D eigenvalue weighted by Crippen LogP contribution is -2.13. The zero-order valence-corrected chi connectivity index (χ0v) is 22.4. The average molecular weight is 537 g/mol. The molecule has 1 aromatic heterocycles. The van der Waals surface area contributed by atoms with E-state index in [0.29, 0.717) is 5.02 Å². The highest BCUT2D eigenvalue weighted by atomic mass is 35.5. The number of benzene rings is 6. The van der Waals surface area contributed by atoms with E-state index in [9.17, 15) is 0 Å². The zero-order chi connectivity index (χ0) is 26.9. The summed E-state index contributed by atoms with van der Waals surface area (Å²) in [4.78, 5) is 4.51. The number of fused-ring (bicyclic) bond motifs is 3. The second kappa shape index (κ2) is 10.3. The van der Waals surface area contributed by atoms with Gasteiger partial charge < -0.3 is 14.2 Å². The monoisotopic (exact) mass is 536 g/mol. The molecule has 6 aromatic carbocycles. The van der Waals surface area contributed by atoms with E-state index in [1.807, 2.05) is 54.6 Å². The Morgan fingerprint density at radius 3 is 1.55 bits per heavy atom. The molecule has 0 amide bonds. The fraction of sp³-hybridized carbons (Fsp3) is 0. The lowest BCUT2D eigenvalue weighted by atomic mass is 10.1.